The number of ether oxygens (including phenoxy) is 1. The zero-order valence-corrected chi connectivity index (χ0v) is 11.0. The molecule has 0 radical (unpaired) electrons. The highest BCUT2D eigenvalue weighted by Gasteiger charge is 2.10. The van der Waals surface area contributed by atoms with Crippen molar-refractivity contribution in [2.75, 3.05) is 32.1 Å². The number of nitrogens with two attached hydrogens (primary N) is 1. The number of benzene rings is 1. The van der Waals surface area contributed by atoms with Crippen molar-refractivity contribution >= 4 is 11.7 Å². The van der Waals surface area contributed by atoms with Crippen LogP contribution >= 0.6 is 0 Å². The lowest BCUT2D eigenvalue weighted by molar-refractivity contribution is 0.157. The van der Waals surface area contributed by atoms with Crippen LogP contribution in [0.3, 0.4) is 0 Å². The highest BCUT2D eigenvalue weighted by Crippen LogP contribution is 2.10. The molecule has 0 saturated heterocycles. The minimum absolute atomic E-state index is 0.116. The lowest BCUT2D eigenvalue weighted by Gasteiger charge is -2.20. The fourth-order valence-electron chi connectivity index (χ4n) is 1.53. The van der Waals surface area contributed by atoms with Crippen LogP contribution < -0.4 is 11.1 Å². The molecule has 18 heavy (non-hydrogen) atoms. The molecule has 1 aromatic rings. The first kappa shape index (κ1) is 14.5. The van der Waals surface area contributed by atoms with Crippen LogP contribution in [0, 0.1) is 0 Å². The van der Waals surface area contributed by atoms with Crippen LogP contribution in [0.4, 0.5) is 10.5 Å². The summed E-state index contributed by atoms with van der Waals surface area (Å²) < 4.78 is 4.97. The Morgan fingerprint density at radius 3 is 2.56 bits per heavy atom. The quantitative estimate of drug-likeness (QED) is 0.807. The maximum absolute atomic E-state index is 11.9. The number of carbonyl (C=O) groups excluding carboxylic acids is 1. The van der Waals surface area contributed by atoms with Gasteiger partial charge in [-0.1, -0.05) is 12.1 Å². The van der Waals surface area contributed by atoms with Crippen LogP contribution in [0.5, 0.6) is 0 Å². The summed E-state index contributed by atoms with van der Waals surface area (Å²) >= 11 is 0. The molecule has 0 aliphatic heterocycles. The Balaban J connectivity index is 2.55. The zero-order chi connectivity index (χ0) is 13.4. The van der Waals surface area contributed by atoms with Gasteiger partial charge in [0, 0.05) is 32.4 Å². The molecule has 0 aromatic heterocycles. The second-order valence-electron chi connectivity index (χ2n) is 3.90. The van der Waals surface area contributed by atoms with Crippen LogP contribution in [-0.4, -0.2) is 37.7 Å². The van der Waals surface area contributed by atoms with Gasteiger partial charge in [-0.25, -0.2) is 4.79 Å². The van der Waals surface area contributed by atoms with Gasteiger partial charge in [0.15, 0.2) is 0 Å². The summed E-state index contributed by atoms with van der Waals surface area (Å²) in [4.78, 5) is 13.6. The van der Waals surface area contributed by atoms with Gasteiger partial charge in [0.1, 0.15) is 0 Å². The van der Waals surface area contributed by atoms with Gasteiger partial charge in [0.05, 0.1) is 6.61 Å². The lowest BCUT2D eigenvalue weighted by Crippen LogP contribution is -2.37. The fraction of sp³-hybridized carbons (Fsp3) is 0.462. The number of hydrogen-bond acceptors (Lipinski definition) is 3. The molecule has 0 spiro atoms. The molecule has 0 saturated carbocycles. The molecule has 1 aromatic carbocycles. The minimum Gasteiger partial charge on any atom is -0.383 e. The Bertz CT molecular complexity index is 365. The van der Waals surface area contributed by atoms with Crippen molar-refractivity contribution in [3.8, 4) is 0 Å². The van der Waals surface area contributed by atoms with E-state index >= 15 is 0 Å². The standard InChI is InChI=1S/C13H21N3O2/c1-3-16(8-9-18-2)13(17)15-12-6-4-11(10-14)5-7-12/h4-7H,3,8-10,14H2,1-2H3,(H,15,17). The largest absolute Gasteiger partial charge is 0.383 e. The van der Waals surface area contributed by atoms with Crippen LogP contribution in [-0.2, 0) is 11.3 Å². The maximum atomic E-state index is 11.9. The summed E-state index contributed by atoms with van der Waals surface area (Å²) in [6, 6.07) is 7.39. The van der Waals surface area contributed by atoms with Crippen molar-refractivity contribution < 1.29 is 9.53 Å². The summed E-state index contributed by atoms with van der Waals surface area (Å²) in [5.74, 6) is 0. The minimum atomic E-state index is -0.116. The third-order valence-corrected chi connectivity index (χ3v) is 2.68. The van der Waals surface area contributed by atoms with Gasteiger partial charge < -0.3 is 20.7 Å². The molecule has 3 N–H and O–H groups in total. The van der Waals surface area contributed by atoms with Crippen molar-refractivity contribution in [1.82, 2.24) is 4.90 Å². The van der Waals surface area contributed by atoms with E-state index in [0.29, 0.717) is 26.2 Å². The number of hydrogen-bond donors (Lipinski definition) is 2. The van der Waals surface area contributed by atoms with Gasteiger partial charge in [-0.3, -0.25) is 0 Å². The van der Waals surface area contributed by atoms with Crippen LogP contribution in [0.25, 0.3) is 0 Å². The lowest BCUT2D eigenvalue weighted by atomic mass is 10.2. The Kier molecular flexibility index (Phi) is 6.18. The number of nitrogens with one attached hydrogen (secondary N) is 1. The molecule has 0 heterocycles. The van der Waals surface area contributed by atoms with Crippen molar-refractivity contribution in [3.05, 3.63) is 29.8 Å². The second kappa shape index (κ2) is 7.68. The van der Waals surface area contributed by atoms with Gasteiger partial charge in [-0.05, 0) is 24.6 Å². The maximum Gasteiger partial charge on any atom is 0.321 e. The van der Waals surface area contributed by atoms with Crippen molar-refractivity contribution in [2.45, 2.75) is 13.5 Å². The van der Waals surface area contributed by atoms with Gasteiger partial charge in [0.2, 0.25) is 0 Å². The first-order valence-electron chi connectivity index (χ1n) is 6.05. The van der Waals surface area contributed by atoms with E-state index in [1.807, 2.05) is 31.2 Å². The van der Waals surface area contributed by atoms with Gasteiger partial charge >= 0.3 is 6.03 Å². The Morgan fingerprint density at radius 2 is 2.06 bits per heavy atom. The summed E-state index contributed by atoms with van der Waals surface area (Å²) in [5.41, 5.74) is 7.33. The summed E-state index contributed by atoms with van der Waals surface area (Å²) in [7, 11) is 1.62. The summed E-state index contributed by atoms with van der Waals surface area (Å²) in [6.07, 6.45) is 0. The summed E-state index contributed by atoms with van der Waals surface area (Å²) in [6.45, 7) is 4.21. The molecule has 1 rings (SSSR count). The number of likely N-dealkylation sites (N-methyl/N-ethyl adjacent to an activating group) is 1. The van der Waals surface area contributed by atoms with E-state index in [1.165, 1.54) is 0 Å². The van der Waals surface area contributed by atoms with Crippen LogP contribution in [0.2, 0.25) is 0 Å². The van der Waals surface area contributed by atoms with Crippen LogP contribution in [0.1, 0.15) is 12.5 Å². The Morgan fingerprint density at radius 1 is 1.39 bits per heavy atom. The molecule has 2 amide bonds. The van der Waals surface area contributed by atoms with E-state index in [-0.39, 0.29) is 6.03 Å². The molecule has 5 nitrogen and oxygen atoms in total. The first-order chi connectivity index (χ1) is 8.71. The smallest absolute Gasteiger partial charge is 0.321 e. The van der Waals surface area contributed by atoms with E-state index in [1.54, 1.807) is 12.0 Å². The molecule has 0 aliphatic carbocycles. The van der Waals surface area contributed by atoms with Gasteiger partial charge in [0.25, 0.3) is 0 Å². The Hall–Kier alpha value is -1.59. The van der Waals surface area contributed by atoms with Crippen molar-refractivity contribution in [3.63, 3.8) is 0 Å². The van der Waals surface area contributed by atoms with Gasteiger partial charge in [-0.2, -0.15) is 0 Å². The summed E-state index contributed by atoms with van der Waals surface area (Å²) in [5, 5.41) is 2.84. The number of carbonyl (C=O) groups is 1. The number of urea groups is 1. The van der Waals surface area contributed by atoms with E-state index in [2.05, 4.69) is 5.32 Å². The molecular weight excluding hydrogens is 230 g/mol. The highest BCUT2D eigenvalue weighted by atomic mass is 16.5. The number of methoxy groups -OCH3 is 1. The van der Waals surface area contributed by atoms with Crippen molar-refractivity contribution in [1.29, 1.82) is 0 Å². The predicted molar refractivity (Wildman–Crippen MR) is 72.5 cm³/mol. The average Bonchev–Trinajstić information content (AvgIpc) is 2.40. The first-order valence-corrected chi connectivity index (χ1v) is 6.05. The Labute approximate surface area is 108 Å². The predicted octanol–water partition coefficient (Wildman–Crippen LogP) is 1.65. The van der Waals surface area contributed by atoms with Gasteiger partial charge in [-0.15, -0.1) is 0 Å². The SMILES string of the molecule is CCN(CCOC)C(=O)Nc1ccc(CN)cc1. The van der Waals surface area contributed by atoms with E-state index < -0.39 is 0 Å². The third kappa shape index (κ3) is 4.35. The molecule has 0 unspecified atom stereocenters. The fourth-order valence-corrected chi connectivity index (χ4v) is 1.53. The zero-order valence-electron chi connectivity index (χ0n) is 11.0. The molecule has 0 atom stereocenters. The van der Waals surface area contributed by atoms with E-state index in [0.717, 1.165) is 11.3 Å². The molecular formula is C13H21N3O2. The molecule has 100 valence electrons. The van der Waals surface area contributed by atoms with Crippen LogP contribution in [0.15, 0.2) is 24.3 Å². The van der Waals surface area contributed by atoms with Crippen molar-refractivity contribution in [2.24, 2.45) is 5.73 Å². The normalized spacial score (nSPS) is 10.2. The molecule has 0 bridgehead atoms. The third-order valence-electron chi connectivity index (χ3n) is 2.68. The monoisotopic (exact) mass is 251 g/mol. The number of rotatable bonds is 6. The molecule has 5 heteroatoms. The second-order valence-corrected chi connectivity index (χ2v) is 3.90. The van der Waals surface area contributed by atoms with E-state index in [9.17, 15) is 4.79 Å². The number of nitrogens with zero attached hydrogens (tertiary/aromatic N) is 1. The molecule has 0 aliphatic rings. The molecule has 0 fully saturated rings. The number of amides is 2. The highest BCUT2D eigenvalue weighted by molar-refractivity contribution is 5.89. The van der Waals surface area contributed by atoms with E-state index in [4.69, 9.17) is 10.5 Å². The average molecular weight is 251 g/mol. The number of anilines is 1. The topological polar surface area (TPSA) is 67.6 Å².